The monoisotopic (exact) mass is 408 g/mol. The first-order chi connectivity index (χ1) is 14.4. The van der Waals surface area contributed by atoms with E-state index >= 15 is 0 Å². The summed E-state index contributed by atoms with van der Waals surface area (Å²) in [5.74, 6) is -0.445. The summed E-state index contributed by atoms with van der Waals surface area (Å²) in [5, 5.41) is 3.24. The van der Waals surface area contributed by atoms with Gasteiger partial charge in [-0.15, -0.1) is 0 Å². The molecule has 2 aromatic carbocycles. The van der Waals surface area contributed by atoms with Gasteiger partial charge in [0.05, 0.1) is 0 Å². The highest BCUT2D eigenvalue weighted by molar-refractivity contribution is 5.96. The molecule has 158 valence electrons. The number of rotatable bonds is 4. The Hall–Kier alpha value is -2.37. The molecule has 0 aromatic heterocycles. The lowest BCUT2D eigenvalue weighted by atomic mass is 9.68. The SMILES string of the molecule is CNC1(c2ccc(F)cc2)CCCC(c2cccc(C3(N)CCCCC3=O)c2)C1=O. The highest BCUT2D eigenvalue weighted by Gasteiger charge is 2.46. The molecular weight excluding hydrogens is 379 g/mol. The highest BCUT2D eigenvalue weighted by Crippen LogP contribution is 2.42. The fourth-order valence-corrected chi connectivity index (χ4v) is 5.24. The Morgan fingerprint density at radius 3 is 2.47 bits per heavy atom. The van der Waals surface area contributed by atoms with Gasteiger partial charge in [-0.25, -0.2) is 4.39 Å². The molecule has 0 saturated heterocycles. The number of hydrogen-bond acceptors (Lipinski definition) is 4. The van der Waals surface area contributed by atoms with Gasteiger partial charge in [0, 0.05) is 12.3 Å². The third-order valence-electron chi connectivity index (χ3n) is 7.07. The van der Waals surface area contributed by atoms with E-state index in [2.05, 4.69) is 5.32 Å². The number of carbonyl (C=O) groups excluding carboxylic acids is 2. The molecular formula is C25H29FN2O2. The summed E-state index contributed by atoms with van der Waals surface area (Å²) in [4.78, 5) is 26.3. The van der Waals surface area contributed by atoms with E-state index in [-0.39, 0.29) is 23.3 Å². The minimum absolute atomic E-state index is 0.0803. The van der Waals surface area contributed by atoms with Crippen molar-refractivity contribution in [3.63, 3.8) is 0 Å². The number of carbonyl (C=O) groups is 2. The molecule has 2 aromatic rings. The largest absolute Gasteiger partial charge is 0.315 e. The maximum Gasteiger partial charge on any atom is 0.164 e. The normalized spacial score (nSPS) is 29.8. The molecule has 0 aliphatic heterocycles. The van der Waals surface area contributed by atoms with Gasteiger partial charge < -0.3 is 11.1 Å². The minimum atomic E-state index is -0.955. The van der Waals surface area contributed by atoms with Crippen molar-refractivity contribution in [1.29, 1.82) is 0 Å². The number of benzene rings is 2. The van der Waals surface area contributed by atoms with E-state index in [0.29, 0.717) is 19.3 Å². The van der Waals surface area contributed by atoms with Gasteiger partial charge in [-0.05, 0) is 68.0 Å². The summed E-state index contributed by atoms with van der Waals surface area (Å²) in [6, 6.07) is 13.9. The third-order valence-corrected chi connectivity index (χ3v) is 7.07. The molecule has 0 spiro atoms. The average molecular weight is 409 g/mol. The first kappa shape index (κ1) is 20.9. The average Bonchev–Trinajstić information content (AvgIpc) is 2.77. The lowest BCUT2D eigenvalue weighted by molar-refractivity contribution is -0.129. The Bertz CT molecular complexity index is 958. The standard InChI is InChI=1S/C25H29FN2O2/c1-28-25(18-10-12-20(26)13-11-18)15-5-8-21(23(25)30)17-6-4-7-19(16-17)24(27)14-3-2-9-22(24)29/h4,6-7,10-13,16,21,28H,2-3,5,8-9,14-15,27H2,1H3. The van der Waals surface area contributed by atoms with E-state index in [1.807, 2.05) is 24.3 Å². The smallest absolute Gasteiger partial charge is 0.164 e. The van der Waals surface area contributed by atoms with Crippen LogP contribution in [0.5, 0.6) is 0 Å². The van der Waals surface area contributed by atoms with Gasteiger partial charge in [-0.1, -0.05) is 42.8 Å². The van der Waals surface area contributed by atoms with Crippen LogP contribution in [0.1, 0.15) is 67.6 Å². The Morgan fingerprint density at radius 1 is 1.00 bits per heavy atom. The van der Waals surface area contributed by atoms with Crippen molar-refractivity contribution in [1.82, 2.24) is 5.32 Å². The molecule has 2 saturated carbocycles. The Labute approximate surface area is 177 Å². The van der Waals surface area contributed by atoms with Crippen molar-refractivity contribution in [3.05, 3.63) is 71.0 Å². The van der Waals surface area contributed by atoms with Crippen LogP contribution in [0.25, 0.3) is 0 Å². The number of likely N-dealkylation sites (N-methyl/N-ethyl adjacent to an activating group) is 1. The van der Waals surface area contributed by atoms with Crippen molar-refractivity contribution in [3.8, 4) is 0 Å². The maximum absolute atomic E-state index is 13.7. The molecule has 4 nitrogen and oxygen atoms in total. The summed E-state index contributed by atoms with van der Waals surface area (Å²) >= 11 is 0. The summed E-state index contributed by atoms with van der Waals surface area (Å²) in [5.41, 5.74) is 7.26. The summed E-state index contributed by atoms with van der Waals surface area (Å²) < 4.78 is 13.5. The van der Waals surface area contributed by atoms with Crippen LogP contribution < -0.4 is 11.1 Å². The van der Waals surface area contributed by atoms with Crippen LogP contribution in [0.2, 0.25) is 0 Å². The summed E-state index contributed by atoms with van der Waals surface area (Å²) in [7, 11) is 1.79. The Kier molecular flexibility index (Phi) is 5.60. The fourth-order valence-electron chi connectivity index (χ4n) is 5.24. The zero-order chi connectivity index (χ0) is 21.4. The second kappa shape index (κ2) is 8.05. The lowest BCUT2D eigenvalue weighted by Crippen LogP contribution is -2.52. The van der Waals surface area contributed by atoms with Crippen LogP contribution in [0.4, 0.5) is 4.39 Å². The van der Waals surface area contributed by atoms with Crippen LogP contribution in [0, 0.1) is 5.82 Å². The molecule has 3 unspecified atom stereocenters. The molecule has 5 heteroatoms. The highest BCUT2D eigenvalue weighted by atomic mass is 19.1. The number of nitrogens with one attached hydrogen (secondary N) is 1. The number of Topliss-reactive ketones (excluding diaryl/α,β-unsaturated/α-hetero) is 2. The Balaban J connectivity index is 1.70. The molecule has 2 fully saturated rings. The van der Waals surface area contributed by atoms with E-state index < -0.39 is 11.1 Å². The summed E-state index contributed by atoms with van der Waals surface area (Å²) in [6.07, 6.45) is 5.26. The van der Waals surface area contributed by atoms with Gasteiger partial charge in [-0.3, -0.25) is 9.59 Å². The van der Waals surface area contributed by atoms with Crippen LogP contribution in [0.15, 0.2) is 48.5 Å². The number of hydrogen-bond donors (Lipinski definition) is 2. The quantitative estimate of drug-likeness (QED) is 0.800. The first-order valence-electron chi connectivity index (χ1n) is 10.8. The zero-order valence-electron chi connectivity index (χ0n) is 17.4. The molecule has 2 aliphatic carbocycles. The fraction of sp³-hybridized carbons (Fsp3) is 0.440. The van der Waals surface area contributed by atoms with E-state index in [4.69, 9.17) is 5.73 Å². The molecule has 0 radical (unpaired) electrons. The number of nitrogens with two attached hydrogens (primary N) is 1. The van der Waals surface area contributed by atoms with E-state index in [1.54, 1.807) is 19.2 Å². The van der Waals surface area contributed by atoms with Gasteiger partial charge in [-0.2, -0.15) is 0 Å². The summed E-state index contributed by atoms with van der Waals surface area (Å²) in [6.45, 7) is 0. The third kappa shape index (κ3) is 3.40. The predicted molar refractivity (Wildman–Crippen MR) is 115 cm³/mol. The molecule has 4 rings (SSSR count). The predicted octanol–water partition coefficient (Wildman–Crippen LogP) is 4.07. The minimum Gasteiger partial charge on any atom is -0.315 e. The first-order valence-corrected chi connectivity index (χ1v) is 10.8. The van der Waals surface area contributed by atoms with Gasteiger partial charge >= 0.3 is 0 Å². The molecule has 0 heterocycles. The van der Waals surface area contributed by atoms with Crippen molar-refractivity contribution in [2.24, 2.45) is 5.73 Å². The van der Waals surface area contributed by atoms with Gasteiger partial charge in [0.1, 0.15) is 16.9 Å². The second-order valence-electron chi connectivity index (χ2n) is 8.70. The molecule has 0 bridgehead atoms. The van der Waals surface area contributed by atoms with Gasteiger partial charge in [0.25, 0.3) is 0 Å². The van der Waals surface area contributed by atoms with Gasteiger partial charge in [0.15, 0.2) is 11.6 Å². The van der Waals surface area contributed by atoms with Crippen molar-refractivity contribution in [2.45, 2.75) is 61.9 Å². The number of ketones is 2. The van der Waals surface area contributed by atoms with E-state index in [0.717, 1.165) is 42.4 Å². The van der Waals surface area contributed by atoms with Crippen molar-refractivity contribution < 1.29 is 14.0 Å². The van der Waals surface area contributed by atoms with E-state index in [9.17, 15) is 14.0 Å². The van der Waals surface area contributed by atoms with Crippen molar-refractivity contribution >= 4 is 11.6 Å². The molecule has 3 N–H and O–H groups in total. The zero-order valence-corrected chi connectivity index (χ0v) is 17.4. The van der Waals surface area contributed by atoms with Crippen LogP contribution in [-0.4, -0.2) is 18.6 Å². The lowest BCUT2D eigenvalue weighted by Gasteiger charge is -2.40. The van der Waals surface area contributed by atoms with E-state index in [1.165, 1.54) is 12.1 Å². The molecule has 30 heavy (non-hydrogen) atoms. The van der Waals surface area contributed by atoms with Crippen molar-refractivity contribution in [2.75, 3.05) is 7.05 Å². The molecule has 0 amide bonds. The maximum atomic E-state index is 13.7. The molecule has 3 atom stereocenters. The van der Waals surface area contributed by atoms with Crippen LogP contribution in [-0.2, 0) is 20.7 Å². The number of halogens is 1. The second-order valence-corrected chi connectivity index (χ2v) is 8.70. The van der Waals surface area contributed by atoms with Crippen LogP contribution in [0.3, 0.4) is 0 Å². The van der Waals surface area contributed by atoms with Gasteiger partial charge in [0.2, 0.25) is 0 Å². The van der Waals surface area contributed by atoms with Crippen LogP contribution >= 0.6 is 0 Å². The Morgan fingerprint density at radius 2 is 1.77 bits per heavy atom. The topological polar surface area (TPSA) is 72.2 Å². The molecule has 2 aliphatic rings.